The van der Waals surface area contributed by atoms with E-state index in [1.165, 1.54) is 0 Å². The van der Waals surface area contributed by atoms with E-state index in [9.17, 15) is 9.59 Å². The number of quaternary nitrogens is 2. The van der Waals surface area contributed by atoms with Crippen molar-refractivity contribution in [2.45, 2.75) is 6.92 Å². The Bertz CT molecular complexity index is 1480. The van der Waals surface area contributed by atoms with Crippen molar-refractivity contribution >= 4 is 34.6 Å². The van der Waals surface area contributed by atoms with Gasteiger partial charge in [-0.05, 0) is 72.1 Å². The Morgan fingerprint density at radius 3 is 1.36 bits per heavy atom. The fraction of sp³-hybridized carbons (Fsp3) is 0.212. The molecular weight excluding hydrogens is 484 g/mol. The van der Waals surface area contributed by atoms with Crippen LogP contribution in [0.2, 0.25) is 0 Å². The van der Waals surface area contributed by atoms with E-state index in [-0.39, 0.29) is 11.8 Å². The topological polar surface area (TPSA) is 58.2 Å². The van der Waals surface area contributed by atoms with Crippen LogP contribution in [-0.2, 0) is 0 Å². The molecule has 0 radical (unpaired) electrons. The zero-order chi connectivity index (χ0) is 28.4. The Balaban J connectivity index is 1.42. The molecular formula is C33H38N4O2+2. The Kier molecular flexibility index (Phi) is 7.72. The lowest BCUT2D eigenvalue weighted by atomic mass is 9.97. The number of carbonyl (C=O) groups excluding carboxylic acids is 2. The standard InChI is InChI=1S/C33H36N4O2/c1-23-22-26(33(39)35-28-15-19-30(20-16-28)37(5,6)7)12-21-31(23)24-8-10-25(11-9-24)32(38)34-27-13-17-29(18-14-27)36(2,3)4/h8-22H,1-7H3/p+2. The summed E-state index contributed by atoms with van der Waals surface area (Å²) in [6.07, 6.45) is 0. The molecule has 4 rings (SSSR count). The van der Waals surface area contributed by atoms with Crippen molar-refractivity contribution in [3.05, 3.63) is 108 Å². The predicted molar refractivity (Wildman–Crippen MR) is 165 cm³/mol. The quantitative estimate of drug-likeness (QED) is 0.270. The summed E-state index contributed by atoms with van der Waals surface area (Å²) in [4.78, 5) is 25.7. The molecule has 4 aromatic carbocycles. The van der Waals surface area contributed by atoms with Crippen LogP contribution in [0.25, 0.3) is 11.1 Å². The molecule has 200 valence electrons. The summed E-state index contributed by atoms with van der Waals surface area (Å²) < 4.78 is 1.43. The Morgan fingerprint density at radius 1 is 0.538 bits per heavy atom. The van der Waals surface area contributed by atoms with Gasteiger partial charge in [-0.15, -0.1) is 0 Å². The molecule has 0 aliphatic heterocycles. The number of nitrogens with zero attached hydrogens (tertiary/aromatic N) is 2. The molecule has 39 heavy (non-hydrogen) atoms. The molecule has 0 heterocycles. The number of hydrogen-bond donors (Lipinski definition) is 2. The lowest BCUT2D eigenvalue weighted by Gasteiger charge is -2.23. The first-order valence-corrected chi connectivity index (χ1v) is 13.0. The molecule has 0 aliphatic carbocycles. The third-order valence-electron chi connectivity index (χ3n) is 6.75. The third kappa shape index (κ3) is 6.79. The van der Waals surface area contributed by atoms with E-state index in [0.717, 1.165) is 39.4 Å². The number of anilines is 2. The molecule has 6 nitrogen and oxygen atoms in total. The Labute approximate surface area is 231 Å². The molecule has 0 aromatic heterocycles. The van der Waals surface area contributed by atoms with Gasteiger partial charge in [-0.1, -0.05) is 18.2 Å². The number of aryl methyl sites for hydroxylation is 1. The monoisotopic (exact) mass is 522 g/mol. The first-order chi connectivity index (χ1) is 18.3. The maximum absolute atomic E-state index is 12.9. The molecule has 2 amide bonds. The van der Waals surface area contributed by atoms with Crippen LogP contribution >= 0.6 is 0 Å². The molecule has 0 spiro atoms. The van der Waals surface area contributed by atoms with E-state index in [1.807, 2.05) is 97.9 Å². The highest BCUT2D eigenvalue weighted by Gasteiger charge is 2.15. The van der Waals surface area contributed by atoms with Gasteiger partial charge in [-0.2, -0.15) is 0 Å². The van der Waals surface area contributed by atoms with Gasteiger partial charge in [-0.3, -0.25) is 18.6 Å². The van der Waals surface area contributed by atoms with Gasteiger partial charge >= 0.3 is 0 Å². The van der Waals surface area contributed by atoms with Gasteiger partial charge < -0.3 is 10.6 Å². The summed E-state index contributed by atoms with van der Waals surface area (Å²) in [5.41, 5.74) is 8.00. The van der Waals surface area contributed by atoms with E-state index in [0.29, 0.717) is 20.1 Å². The minimum Gasteiger partial charge on any atom is -0.322 e. The van der Waals surface area contributed by atoms with Crippen LogP contribution < -0.4 is 19.6 Å². The van der Waals surface area contributed by atoms with E-state index in [2.05, 4.69) is 52.9 Å². The van der Waals surface area contributed by atoms with Gasteiger partial charge in [0, 0.05) is 46.8 Å². The Morgan fingerprint density at radius 2 is 0.949 bits per heavy atom. The average molecular weight is 523 g/mol. The second-order valence-electron chi connectivity index (χ2n) is 11.6. The fourth-order valence-corrected chi connectivity index (χ4v) is 4.32. The van der Waals surface area contributed by atoms with E-state index in [1.54, 1.807) is 0 Å². The number of hydrogen-bond acceptors (Lipinski definition) is 2. The predicted octanol–water partition coefficient (Wildman–Crippen LogP) is 6.56. The lowest BCUT2D eigenvalue weighted by Crippen LogP contribution is -2.34. The van der Waals surface area contributed by atoms with Crippen molar-refractivity contribution < 1.29 is 9.59 Å². The van der Waals surface area contributed by atoms with Crippen LogP contribution in [0.3, 0.4) is 0 Å². The van der Waals surface area contributed by atoms with Crippen molar-refractivity contribution in [2.24, 2.45) is 0 Å². The third-order valence-corrected chi connectivity index (χ3v) is 6.75. The fourth-order valence-electron chi connectivity index (χ4n) is 4.32. The van der Waals surface area contributed by atoms with E-state index >= 15 is 0 Å². The van der Waals surface area contributed by atoms with Gasteiger partial charge in [-0.25, -0.2) is 0 Å². The molecule has 6 heteroatoms. The van der Waals surface area contributed by atoms with Crippen LogP contribution in [0.15, 0.2) is 91.0 Å². The molecule has 2 N–H and O–H groups in total. The maximum atomic E-state index is 12.9. The van der Waals surface area contributed by atoms with Crippen LogP contribution in [-0.4, -0.2) is 54.1 Å². The van der Waals surface area contributed by atoms with Crippen LogP contribution in [0.5, 0.6) is 0 Å². The molecule has 4 aromatic rings. The summed E-state index contributed by atoms with van der Waals surface area (Å²) >= 11 is 0. The SMILES string of the molecule is Cc1cc(C(=O)Nc2ccc([N+](C)(C)C)cc2)ccc1-c1ccc(C(=O)Nc2ccc([N+](C)(C)C)cc2)cc1. The van der Waals surface area contributed by atoms with Gasteiger partial charge in [0.2, 0.25) is 0 Å². The van der Waals surface area contributed by atoms with Crippen LogP contribution in [0.1, 0.15) is 26.3 Å². The Hall–Kier alpha value is -4.26. The maximum Gasteiger partial charge on any atom is 0.255 e. The molecule has 0 saturated carbocycles. The van der Waals surface area contributed by atoms with Crippen molar-refractivity contribution in [1.82, 2.24) is 8.97 Å². The van der Waals surface area contributed by atoms with E-state index < -0.39 is 0 Å². The summed E-state index contributed by atoms with van der Waals surface area (Å²) in [7, 11) is 12.6. The minimum atomic E-state index is -0.155. The van der Waals surface area contributed by atoms with Gasteiger partial charge in [0.25, 0.3) is 11.8 Å². The highest BCUT2D eigenvalue weighted by Crippen LogP contribution is 2.26. The first kappa shape index (κ1) is 27.8. The van der Waals surface area contributed by atoms with Crippen LogP contribution in [0.4, 0.5) is 22.7 Å². The van der Waals surface area contributed by atoms with Crippen molar-refractivity contribution in [3.8, 4) is 11.1 Å². The molecule has 0 saturated heterocycles. The first-order valence-electron chi connectivity index (χ1n) is 13.0. The summed E-state index contributed by atoms with van der Waals surface area (Å²) in [5, 5.41) is 5.95. The highest BCUT2D eigenvalue weighted by atomic mass is 16.2. The smallest absolute Gasteiger partial charge is 0.255 e. The number of amides is 2. The molecule has 0 aliphatic rings. The number of nitrogens with one attached hydrogen (secondary N) is 2. The largest absolute Gasteiger partial charge is 0.322 e. The number of benzene rings is 4. The van der Waals surface area contributed by atoms with Crippen molar-refractivity contribution in [2.75, 3.05) is 52.9 Å². The molecule has 0 unspecified atom stereocenters. The minimum absolute atomic E-state index is 0.149. The second kappa shape index (κ2) is 10.8. The normalized spacial score (nSPS) is 11.7. The van der Waals surface area contributed by atoms with Crippen molar-refractivity contribution in [1.29, 1.82) is 0 Å². The zero-order valence-corrected chi connectivity index (χ0v) is 23.9. The van der Waals surface area contributed by atoms with Gasteiger partial charge in [0.15, 0.2) is 0 Å². The van der Waals surface area contributed by atoms with Crippen molar-refractivity contribution in [3.63, 3.8) is 0 Å². The average Bonchev–Trinajstić information content (AvgIpc) is 2.88. The number of rotatable bonds is 7. The summed E-state index contributed by atoms with van der Waals surface area (Å²) in [5.74, 6) is -0.304. The summed E-state index contributed by atoms with van der Waals surface area (Å²) in [6.45, 7) is 1.99. The second-order valence-corrected chi connectivity index (χ2v) is 11.6. The van der Waals surface area contributed by atoms with Crippen LogP contribution in [0, 0.1) is 6.92 Å². The molecule has 0 fully saturated rings. The van der Waals surface area contributed by atoms with Gasteiger partial charge in [0.05, 0.1) is 42.3 Å². The molecule has 0 bridgehead atoms. The number of carbonyl (C=O) groups is 2. The summed E-state index contributed by atoms with van der Waals surface area (Å²) in [6, 6.07) is 29.0. The lowest BCUT2D eigenvalue weighted by molar-refractivity contribution is 0.101. The van der Waals surface area contributed by atoms with Gasteiger partial charge in [0.1, 0.15) is 11.4 Å². The van der Waals surface area contributed by atoms with E-state index in [4.69, 9.17) is 0 Å². The highest BCUT2D eigenvalue weighted by molar-refractivity contribution is 6.05. The molecule has 0 atom stereocenters. The zero-order valence-electron chi connectivity index (χ0n) is 23.9.